The average Bonchev–Trinajstić information content (AvgIpc) is 3.39. The first kappa shape index (κ1) is 19.0. The molecule has 1 aliphatic heterocycles. The molecule has 7 nitrogen and oxygen atoms in total. The van der Waals surface area contributed by atoms with Gasteiger partial charge in [-0.05, 0) is 13.0 Å². The van der Waals surface area contributed by atoms with E-state index in [0.717, 1.165) is 46.8 Å². The second-order valence-corrected chi connectivity index (χ2v) is 8.43. The van der Waals surface area contributed by atoms with Crippen LogP contribution in [0.25, 0.3) is 15.9 Å². The van der Waals surface area contributed by atoms with Crippen molar-refractivity contribution in [2.45, 2.75) is 20.0 Å². The van der Waals surface area contributed by atoms with Gasteiger partial charge in [-0.3, -0.25) is 18.9 Å². The van der Waals surface area contributed by atoms with E-state index in [1.54, 1.807) is 16.7 Å². The van der Waals surface area contributed by atoms with Gasteiger partial charge in [-0.15, -0.1) is 11.3 Å². The zero-order chi connectivity index (χ0) is 20.7. The standard InChI is InChI=1S/C22H23N5O2S/c1-2-25-15-18(17-5-3-4-6-19(17)25)21(29)26-9-7-24(8-10-26)14-16-13-20(28)27-11-12-30-22(27)23-16/h3-6,11-13,15H,2,7-10,14H2,1H3. The summed E-state index contributed by atoms with van der Waals surface area (Å²) in [5, 5.41) is 2.88. The third-order valence-corrected chi connectivity index (χ3v) is 6.52. The topological polar surface area (TPSA) is 62.9 Å². The number of fused-ring (bicyclic) bond motifs is 2. The van der Waals surface area contributed by atoms with Gasteiger partial charge in [-0.1, -0.05) is 18.2 Å². The zero-order valence-corrected chi connectivity index (χ0v) is 17.6. The number of piperazine rings is 1. The number of rotatable bonds is 4. The molecule has 0 atom stereocenters. The fourth-order valence-electron chi connectivity index (χ4n) is 4.16. The number of amides is 1. The van der Waals surface area contributed by atoms with Crippen molar-refractivity contribution in [2.75, 3.05) is 26.2 Å². The number of aromatic nitrogens is 3. The lowest BCUT2D eigenvalue weighted by molar-refractivity contribution is 0.0629. The summed E-state index contributed by atoms with van der Waals surface area (Å²) in [4.78, 5) is 34.9. The first-order valence-electron chi connectivity index (χ1n) is 10.2. The lowest BCUT2D eigenvalue weighted by Gasteiger charge is -2.34. The summed E-state index contributed by atoms with van der Waals surface area (Å²) in [6.07, 6.45) is 3.73. The maximum absolute atomic E-state index is 13.2. The van der Waals surface area contributed by atoms with Crippen LogP contribution in [0.3, 0.4) is 0 Å². The van der Waals surface area contributed by atoms with Gasteiger partial charge in [-0.25, -0.2) is 4.98 Å². The summed E-state index contributed by atoms with van der Waals surface area (Å²) in [7, 11) is 0. The van der Waals surface area contributed by atoms with Crippen LogP contribution in [-0.2, 0) is 13.1 Å². The molecular weight excluding hydrogens is 398 g/mol. The molecule has 1 saturated heterocycles. The Balaban J connectivity index is 1.29. The van der Waals surface area contributed by atoms with Gasteiger partial charge >= 0.3 is 0 Å². The van der Waals surface area contributed by atoms with E-state index in [2.05, 4.69) is 27.4 Å². The molecule has 4 aromatic rings. The van der Waals surface area contributed by atoms with Crippen molar-refractivity contribution in [3.05, 3.63) is 69.7 Å². The van der Waals surface area contributed by atoms with Crippen LogP contribution in [0, 0.1) is 0 Å². The molecule has 5 rings (SSSR count). The molecule has 1 aromatic carbocycles. The minimum Gasteiger partial charge on any atom is -0.347 e. The minimum atomic E-state index is -0.0441. The van der Waals surface area contributed by atoms with E-state index in [1.165, 1.54) is 11.3 Å². The first-order valence-corrected chi connectivity index (χ1v) is 11.1. The van der Waals surface area contributed by atoms with Gasteiger partial charge in [0.05, 0.1) is 11.3 Å². The van der Waals surface area contributed by atoms with Gasteiger partial charge in [-0.2, -0.15) is 0 Å². The molecule has 0 spiro atoms. The van der Waals surface area contributed by atoms with Crippen molar-refractivity contribution in [2.24, 2.45) is 0 Å². The van der Waals surface area contributed by atoms with Crippen molar-refractivity contribution in [1.82, 2.24) is 23.8 Å². The van der Waals surface area contributed by atoms with Crippen LogP contribution in [0.4, 0.5) is 0 Å². The van der Waals surface area contributed by atoms with E-state index in [-0.39, 0.29) is 11.5 Å². The van der Waals surface area contributed by atoms with E-state index in [1.807, 2.05) is 34.7 Å². The zero-order valence-electron chi connectivity index (χ0n) is 16.8. The van der Waals surface area contributed by atoms with E-state index < -0.39 is 0 Å². The Hall–Kier alpha value is -2.97. The summed E-state index contributed by atoms with van der Waals surface area (Å²) >= 11 is 1.46. The maximum Gasteiger partial charge on any atom is 0.258 e. The second kappa shape index (κ2) is 7.70. The third-order valence-electron chi connectivity index (χ3n) is 5.76. The molecule has 0 radical (unpaired) electrons. The number of carbonyl (C=O) groups excluding carboxylic acids is 1. The largest absolute Gasteiger partial charge is 0.347 e. The Morgan fingerprint density at radius 1 is 1.17 bits per heavy atom. The first-order chi connectivity index (χ1) is 14.6. The Kier molecular flexibility index (Phi) is 4.88. The number of hydrogen-bond donors (Lipinski definition) is 0. The summed E-state index contributed by atoms with van der Waals surface area (Å²) in [5.41, 5.74) is 2.62. The van der Waals surface area contributed by atoms with Crippen molar-refractivity contribution >= 4 is 33.1 Å². The maximum atomic E-state index is 13.2. The fraction of sp³-hybridized carbons (Fsp3) is 0.318. The highest BCUT2D eigenvalue weighted by Gasteiger charge is 2.25. The number of hydrogen-bond acceptors (Lipinski definition) is 5. The average molecular weight is 422 g/mol. The summed E-state index contributed by atoms with van der Waals surface area (Å²) in [6.45, 7) is 6.43. The van der Waals surface area contributed by atoms with Gasteiger partial charge in [0.2, 0.25) is 0 Å². The minimum absolute atomic E-state index is 0.0441. The van der Waals surface area contributed by atoms with Crippen LogP contribution in [0.1, 0.15) is 23.0 Å². The number of benzene rings is 1. The van der Waals surface area contributed by atoms with Gasteiger partial charge in [0.15, 0.2) is 4.96 Å². The van der Waals surface area contributed by atoms with Crippen LogP contribution >= 0.6 is 11.3 Å². The molecule has 0 bridgehead atoms. The normalized spacial score (nSPS) is 15.3. The Morgan fingerprint density at radius 2 is 1.97 bits per heavy atom. The van der Waals surface area contributed by atoms with Crippen molar-refractivity contribution in [3.8, 4) is 0 Å². The number of nitrogens with zero attached hydrogens (tertiary/aromatic N) is 5. The molecule has 30 heavy (non-hydrogen) atoms. The van der Waals surface area contributed by atoms with Crippen molar-refractivity contribution in [1.29, 1.82) is 0 Å². The van der Waals surface area contributed by atoms with Gasteiger partial charge < -0.3 is 9.47 Å². The molecule has 1 amide bonds. The molecule has 4 heterocycles. The molecule has 3 aromatic heterocycles. The highest BCUT2D eigenvalue weighted by molar-refractivity contribution is 7.15. The molecule has 8 heteroatoms. The van der Waals surface area contributed by atoms with Crippen LogP contribution in [0.15, 0.2) is 52.9 Å². The van der Waals surface area contributed by atoms with Crippen molar-refractivity contribution < 1.29 is 4.79 Å². The van der Waals surface area contributed by atoms with Gasteiger partial charge in [0.25, 0.3) is 11.5 Å². The lowest BCUT2D eigenvalue weighted by atomic mass is 10.1. The third kappa shape index (κ3) is 3.32. The number of carbonyl (C=O) groups is 1. The monoisotopic (exact) mass is 421 g/mol. The molecule has 0 aliphatic carbocycles. The summed E-state index contributed by atoms with van der Waals surface area (Å²) in [5.74, 6) is 0.0921. The molecule has 0 unspecified atom stereocenters. The molecule has 0 saturated carbocycles. The SMILES string of the molecule is CCn1cc(C(=O)N2CCN(Cc3cc(=O)n4ccsc4n3)CC2)c2ccccc21. The van der Waals surface area contributed by atoms with Crippen LogP contribution in [0.2, 0.25) is 0 Å². The Labute approximate surface area is 177 Å². The van der Waals surface area contributed by atoms with E-state index in [9.17, 15) is 9.59 Å². The van der Waals surface area contributed by atoms with Gasteiger partial charge in [0.1, 0.15) is 0 Å². The molecular formula is C22H23N5O2S. The van der Waals surface area contributed by atoms with Crippen LogP contribution in [-0.4, -0.2) is 55.8 Å². The van der Waals surface area contributed by atoms with E-state index >= 15 is 0 Å². The Morgan fingerprint density at radius 3 is 2.77 bits per heavy atom. The quantitative estimate of drug-likeness (QED) is 0.508. The van der Waals surface area contributed by atoms with Gasteiger partial charge in [0, 0.05) is 74.0 Å². The predicted molar refractivity (Wildman–Crippen MR) is 118 cm³/mol. The Bertz CT molecular complexity index is 1280. The molecule has 1 aliphatic rings. The molecule has 1 fully saturated rings. The van der Waals surface area contributed by atoms with Crippen LogP contribution in [0.5, 0.6) is 0 Å². The highest BCUT2D eigenvalue weighted by Crippen LogP contribution is 2.23. The smallest absolute Gasteiger partial charge is 0.258 e. The second-order valence-electron chi connectivity index (χ2n) is 7.56. The number of thiazole rings is 1. The molecule has 0 N–H and O–H groups in total. The summed E-state index contributed by atoms with van der Waals surface area (Å²) in [6, 6.07) is 9.69. The predicted octanol–water partition coefficient (Wildman–Crippen LogP) is 2.69. The van der Waals surface area contributed by atoms with Crippen LogP contribution < -0.4 is 5.56 Å². The molecule has 154 valence electrons. The van der Waals surface area contributed by atoms with Crippen molar-refractivity contribution in [3.63, 3.8) is 0 Å². The number of aryl methyl sites for hydroxylation is 1. The van der Waals surface area contributed by atoms with E-state index in [4.69, 9.17) is 0 Å². The summed E-state index contributed by atoms with van der Waals surface area (Å²) < 4.78 is 3.70. The lowest BCUT2D eigenvalue weighted by Crippen LogP contribution is -2.48. The van der Waals surface area contributed by atoms with E-state index in [0.29, 0.717) is 19.6 Å². The number of para-hydroxylation sites is 1. The fourth-order valence-corrected chi connectivity index (χ4v) is 4.89. The highest BCUT2D eigenvalue weighted by atomic mass is 32.1.